The molecule has 174 valence electrons. The Morgan fingerprint density at radius 1 is 1.06 bits per heavy atom. The van der Waals surface area contributed by atoms with Crippen molar-refractivity contribution in [3.63, 3.8) is 0 Å². The Labute approximate surface area is 190 Å². The van der Waals surface area contributed by atoms with Gasteiger partial charge in [-0.3, -0.25) is 9.59 Å². The van der Waals surface area contributed by atoms with Gasteiger partial charge in [0.15, 0.2) is 5.78 Å². The summed E-state index contributed by atoms with van der Waals surface area (Å²) >= 11 is 0. The molecule has 2 aliphatic rings. The molecule has 1 aliphatic heterocycles. The molecule has 1 N–H and O–H groups in total. The third-order valence-electron chi connectivity index (χ3n) is 5.88. The normalized spacial score (nSPS) is 16.5. The first-order chi connectivity index (χ1) is 15.7. The van der Waals surface area contributed by atoms with Gasteiger partial charge < -0.3 is 15.0 Å². The second-order valence-electron chi connectivity index (χ2n) is 8.40. The summed E-state index contributed by atoms with van der Waals surface area (Å²) in [5, 5.41) is 3.09. The number of ketones is 2. The van der Waals surface area contributed by atoms with Crippen molar-refractivity contribution in [3.8, 4) is 5.75 Å². The Morgan fingerprint density at radius 3 is 2.42 bits per heavy atom. The first-order valence-corrected chi connectivity index (χ1v) is 10.9. The summed E-state index contributed by atoms with van der Waals surface area (Å²) in [5.41, 5.74) is 1.21. The lowest BCUT2D eigenvalue weighted by Crippen LogP contribution is -2.33. The molecule has 1 heterocycles. The third-order valence-corrected chi connectivity index (χ3v) is 5.88. The number of nitrogens with one attached hydrogen (secondary N) is 1. The van der Waals surface area contributed by atoms with E-state index in [-0.39, 0.29) is 40.7 Å². The van der Waals surface area contributed by atoms with E-state index in [1.165, 1.54) is 31.1 Å². The number of carbonyl (C=O) groups is 2. The monoisotopic (exact) mass is 458 g/mol. The Bertz CT molecular complexity index is 1090. The zero-order valence-corrected chi connectivity index (χ0v) is 18.3. The van der Waals surface area contributed by atoms with Crippen molar-refractivity contribution < 1.29 is 27.5 Å². The van der Waals surface area contributed by atoms with Crippen molar-refractivity contribution in [2.75, 3.05) is 26.2 Å². The Balaban J connectivity index is 1.49. The van der Waals surface area contributed by atoms with Gasteiger partial charge >= 0.3 is 6.18 Å². The number of Topliss-reactive ketones (excluding diaryl/α,β-unsaturated/α-hetero) is 1. The van der Waals surface area contributed by atoms with Crippen LogP contribution in [0.25, 0.3) is 0 Å². The molecule has 0 aromatic heterocycles. The molecule has 2 aromatic rings. The van der Waals surface area contributed by atoms with Crippen LogP contribution in [0.5, 0.6) is 5.75 Å². The van der Waals surface area contributed by atoms with Crippen molar-refractivity contribution in [2.45, 2.75) is 32.5 Å². The molecule has 1 fully saturated rings. The van der Waals surface area contributed by atoms with Crippen molar-refractivity contribution >= 4 is 11.6 Å². The maximum atomic E-state index is 13.2. The molecule has 33 heavy (non-hydrogen) atoms. The number of halogens is 3. The van der Waals surface area contributed by atoms with Crippen LogP contribution in [0.4, 0.5) is 13.2 Å². The van der Waals surface area contributed by atoms with Crippen LogP contribution in [-0.2, 0) is 12.8 Å². The minimum atomic E-state index is -4.41. The number of carbonyl (C=O) groups excluding carboxylic acids is 2. The highest BCUT2D eigenvalue weighted by Gasteiger charge is 2.31. The molecule has 0 saturated carbocycles. The highest BCUT2D eigenvalue weighted by atomic mass is 19.4. The average Bonchev–Trinajstić information content (AvgIpc) is 3.28. The molecule has 0 radical (unpaired) electrons. The standard InChI is InChI=1S/C25H25F3N2O3/c1-16-12-19-21(31)14-20(29-8-11-30-9-2-3-10-30)24(32)23(19)22(13-16)33-15-17-4-6-18(7-5-17)25(26,27)28/h4-7,12-14,29H,2-3,8-11,15H2,1H3. The summed E-state index contributed by atoms with van der Waals surface area (Å²) in [6.45, 7) is 5.17. The quantitative estimate of drug-likeness (QED) is 0.660. The van der Waals surface area contributed by atoms with Crippen LogP contribution in [0.15, 0.2) is 48.2 Å². The molecule has 1 aliphatic carbocycles. The predicted octanol–water partition coefficient (Wildman–Crippen LogP) is 4.54. The predicted molar refractivity (Wildman–Crippen MR) is 117 cm³/mol. The number of hydrogen-bond donors (Lipinski definition) is 1. The van der Waals surface area contributed by atoms with Gasteiger partial charge in [-0.05, 0) is 68.2 Å². The lowest BCUT2D eigenvalue weighted by molar-refractivity contribution is -0.137. The van der Waals surface area contributed by atoms with E-state index < -0.39 is 11.7 Å². The van der Waals surface area contributed by atoms with Gasteiger partial charge in [0.05, 0.1) is 16.8 Å². The number of alkyl halides is 3. The second-order valence-corrected chi connectivity index (χ2v) is 8.40. The van der Waals surface area contributed by atoms with Crippen LogP contribution in [0, 0.1) is 6.92 Å². The Hall–Kier alpha value is -3.13. The van der Waals surface area contributed by atoms with E-state index in [1.54, 1.807) is 19.1 Å². The van der Waals surface area contributed by atoms with E-state index in [4.69, 9.17) is 4.74 Å². The summed E-state index contributed by atoms with van der Waals surface area (Å²) in [7, 11) is 0. The fourth-order valence-corrected chi connectivity index (χ4v) is 4.14. The summed E-state index contributed by atoms with van der Waals surface area (Å²) in [4.78, 5) is 28.2. The van der Waals surface area contributed by atoms with Crippen LogP contribution < -0.4 is 10.1 Å². The van der Waals surface area contributed by atoms with Crippen LogP contribution >= 0.6 is 0 Å². The van der Waals surface area contributed by atoms with Gasteiger partial charge in [-0.2, -0.15) is 13.2 Å². The lowest BCUT2D eigenvalue weighted by Gasteiger charge is -2.21. The minimum absolute atomic E-state index is 0.0308. The minimum Gasteiger partial charge on any atom is -0.488 e. The van der Waals surface area contributed by atoms with Gasteiger partial charge in [-0.25, -0.2) is 0 Å². The van der Waals surface area contributed by atoms with Gasteiger partial charge in [0.25, 0.3) is 0 Å². The molecule has 0 amide bonds. The van der Waals surface area contributed by atoms with Crippen LogP contribution in [0.2, 0.25) is 0 Å². The van der Waals surface area contributed by atoms with E-state index in [0.29, 0.717) is 12.1 Å². The number of hydrogen-bond acceptors (Lipinski definition) is 5. The number of rotatable bonds is 7. The average molecular weight is 458 g/mol. The van der Waals surface area contributed by atoms with Gasteiger partial charge in [0.1, 0.15) is 12.4 Å². The molecule has 5 nitrogen and oxygen atoms in total. The summed E-state index contributed by atoms with van der Waals surface area (Å²) in [6.07, 6.45) is -0.737. The molecule has 0 atom stereocenters. The molecule has 2 aromatic carbocycles. The van der Waals surface area contributed by atoms with E-state index in [1.807, 2.05) is 0 Å². The van der Waals surface area contributed by atoms with Crippen LogP contribution in [-0.4, -0.2) is 42.6 Å². The molecule has 8 heteroatoms. The maximum Gasteiger partial charge on any atom is 0.416 e. The van der Waals surface area contributed by atoms with E-state index in [9.17, 15) is 22.8 Å². The SMILES string of the molecule is Cc1cc(OCc2ccc(C(F)(F)F)cc2)c2c(c1)C(=O)C=C(NCCN1CCCC1)C2=O. The number of allylic oxidation sites excluding steroid dienone is 2. The van der Waals surface area contributed by atoms with Gasteiger partial charge in [-0.15, -0.1) is 0 Å². The second kappa shape index (κ2) is 9.39. The zero-order chi connectivity index (χ0) is 23.6. The largest absolute Gasteiger partial charge is 0.488 e. The zero-order valence-electron chi connectivity index (χ0n) is 18.3. The smallest absolute Gasteiger partial charge is 0.416 e. The number of nitrogens with zero attached hydrogens (tertiary/aromatic N) is 1. The van der Waals surface area contributed by atoms with E-state index in [2.05, 4.69) is 10.2 Å². The van der Waals surface area contributed by atoms with E-state index >= 15 is 0 Å². The number of aryl methyl sites for hydroxylation is 1. The van der Waals surface area contributed by atoms with Gasteiger partial charge in [0, 0.05) is 24.7 Å². The fraction of sp³-hybridized carbons (Fsp3) is 0.360. The van der Waals surface area contributed by atoms with Crippen LogP contribution in [0.1, 0.15) is 50.2 Å². The van der Waals surface area contributed by atoms with E-state index in [0.717, 1.165) is 37.3 Å². The lowest BCUT2D eigenvalue weighted by atomic mass is 9.90. The van der Waals surface area contributed by atoms with Gasteiger partial charge in [0.2, 0.25) is 5.78 Å². The Kier molecular flexibility index (Phi) is 6.56. The molecule has 0 bridgehead atoms. The summed E-state index contributed by atoms with van der Waals surface area (Å²) < 4.78 is 44.2. The van der Waals surface area contributed by atoms with Crippen molar-refractivity contribution in [1.82, 2.24) is 10.2 Å². The van der Waals surface area contributed by atoms with Crippen molar-refractivity contribution in [1.29, 1.82) is 0 Å². The topological polar surface area (TPSA) is 58.6 Å². The molecule has 0 spiro atoms. The molecular formula is C25H25F3N2O3. The van der Waals surface area contributed by atoms with Crippen molar-refractivity contribution in [2.24, 2.45) is 0 Å². The number of benzene rings is 2. The first kappa shape index (κ1) is 23.0. The number of likely N-dealkylation sites (tertiary alicyclic amines) is 1. The first-order valence-electron chi connectivity index (χ1n) is 10.9. The highest BCUT2D eigenvalue weighted by Crippen LogP contribution is 2.32. The summed E-state index contributed by atoms with van der Waals surface area (Å²) in [6, 6.07) is 7.97. The highest BCUT2D eigenvalue weighted by molar-refractivity contribution is 6.25. The molecule has 0 unspecified atom stereocenters. The fourth-order valence-electron chi connectivity index (χ4n) is 4.14. The Morgan fingerprint density at radius 2 is 1.76 bits per heavy atom. The number of ether oxygens (including phenoxy) is 1. The molecular weight excluding hydrogens is 433 g/mol. The number of fused-ring (bicyclic) bond motifs is 1. The maximum absolute atomic E-state index is 13.2. The van der Waals surface area contributed by atoms with Crippen LogP contribution in [0.3, 0.4) is 0 Å². The molecule has 4 rings (SSSR count). The third kappa shape index (κ3) is 5.27. The van der Waals surface area contributed by atoms with Crippen molar-refractivity contribution in [3.05, 3.63) is 76.0 Å². The summed E-state index contributed by atoms with van der Waals surface area (Å²) in [5.74, 6) is -0.361. The van der Waals surface area contributed by atoms with Gasteiger partial charge in [-0.1, -0.05) is 12.1 Å². The molecule has 1 saturated heterocycles.